The van der Waals surface area contributed by atoms with Crippen LogP contribution in [0.4, 0.5) is 40.8 Å². The number of nitrogens with two attached hydrogens (primary N) is 1. The van der Waals surface area contributed by atoms with Crippen molar-refractivity contribution in [2.45, 2.75) is 6.18 Å². The van der Waals surface area contributed by atoms with Crippen LogP contribution in [-0.4, -0.2) is 29.9 Å². The Morgan fingerprint density at radius 1 is 1.10 bits per heavy atom. The van der Waals surface area contributed by atoms with E-state index in [1.807, 2.05) is 0 Å². The summed E-state index contributed by atoms with van der Waals surface area (Å²) in [6.07, 6.45) is -3.94. The minimum absolute atomic E-state index is 0.0663. The maximum Gasteiger partial charge on any atom is 0.417 e. The summed E-state index contributed by atoms with van der Waals surface area (Å²) >= 11 is 0. The average molecular weight is 430 g/mol. The van der Waals surface area contributed by atoms with Gasteiger partial charge in [0, 0.05) is 16.9 Å². The smallest absolute Gasteiger partial charge is 0.368 e. The number of benzene rings is 2. The number of aromatic nitrogens is 3. The van der Waals surface area contributed by atoms with Crippen molar-refractivity contribution in [1.29, 1.82) is 0 Å². The second-order valence-electron chi connectivity index (χ2n) is 6.00. The lowest BCUT2D eigenvalue weighted by molar-refractivity contribution is -0.137. The van der Waals surface area contributed by atoms with Gasteiger partial charge in [0.05, 0.1) is 11.8 Å². The summed E-state index contributed by atoms with van der Waals surface area (Å²) in [6, 6.07) is 6.42. The largest absolute Gasteiger partial charge is 0.417 e. The summed E-state index contributed by atoms with van der Waals surface area (Å²) in [5.74, 6) is -1.34. The fraction of sp³-hybridized carbons (Fsp3) is 0.125. The molecule has 0 saturated carbocycles. The SMILES string of the molecule is CS(=O)(=O)Nc1ccc(-c2c(F)cc(Nc3n[nH]c(N)n3)cc2C(F)(F)F)cc1. The van der Waals surface area contributed by atoms with Gasteiger partial charge in [-0.3, -0.25) is 4.72 Å². The third kappa shape index (κ3) is 4.93. The first-order valence-electron chi connectivity index (χ1n) is 7.86. The van der Waals surface area contributed by atoms with Gasteiger partial charge in [-0.1, -0.05) is 12.1 Å². The Morgan fingerprint density at radius 3 is 2.28 bits per heavy atom. The third-order valence-electron chi connectivity index (χ3n) is 3.63. The van der Waals surface area contributed by atoms with Crippen LogP contribution < -0.4 is 15.8 Å². The molecule has 154 valence electrons. The van der Waals surface area contributed by atoms with Crippen molar-refractivity contribution in [3.8, 4) is 11.1 Å². The number of anilines is 4. The molecule has 0 aliphatic rings. The number of nitrogens with one attached hydrogen (secondary N) is 3. The van der Waals surface area contributed by atoms with Gasteiger partial charge in [-0.25, -0.2) is 17.9 Å². The average Bonchev–Trinajstić information content (AvgIpc) is 2.98. The lowest BCUT2D eigenvalue weighted by atomic mass is 9.97. The highest BCUT2D eigenvalue weighted by molar-refractivity contribution is 7.92. The number of aromatic amines is 1. The predicted molar refractivity (Wildman–Crippen MR) is 99.4 cm³/mol. The second-order valence-corrected chi connectivity index (χ2v) is 7.75. The Hall–Kier alpha value is -3.35. The molecular weight excluding hydrogens is 416 g/mol. The van der Waals surface area contributed by atoms with Crippen molar-refractivity contribution in [3.05, 3.63) is 47.8 Å². The molecule has 0 fully saturated rings. The van der Waals surface area contributed by atoms with Gasteiger partial charge in [-0.05, 0) is 29.8 Å². The van der Waals surface area contributed by atoms with E-state index in [0.717, 1.165) is 12.3 Å². The molecular formula is C16H14F4N6O2S. The molecule has 0 amide bonds. The van der Waals surface area contributed by atoms with Gasteiger partial charge in [0.15, 0.2) is 0 Å². The zero-order chi connectivity index (χ0) is 21.4. The van der Waals surface area contributed by atoms with E-state index in [1.165, 1.54) is 24.3 Å². The van der Waals surface area contributed by atoms with Gasteiger partial charge >= 0.3 is 6.18 Å². The Labute approximate surface area is 162 Å². The molecule has 0 spiro atoms. The van der Waals surface area contributed by atoms with Gasteiger partial charge in [0.25, 0.3) is 0 Å². The number of halogens is 4. The molecule has 2 aromatic carbocycles. The van der Waals surface area contributed by atoms with Crippen LogP contribution in [0.3, 0.4) is 0 Å². The molecule has 5 N–H and O–H groups in total. The molecule has 3 aromatic rings. The molecule has 0 bridgehead atoms. The number of alkyl halides is 3. The van der Waals surface area contributed by atoms with Crippen LogP contribution in [0.15, 0.2) is 36.4 Å². The predicted octanol–water partition coefficient (Wildman–Crippen LogP) is 3.33. The highest BCUT2D eigenvalue weighted by Crippen LogP contribution is 2.41. The first kappa shape index (κ1) is 20.4. The first-order chi connectivity index (χ1) is 13.4. The molecule has 13 heteroatoms. The van der Waals surface area contributed by atoms with Crippen molar-refractivity contribution in [1.82, 2.24) is 15.2 Å². The van der Waals surface area contributed by atoms with Gasteiger partial charge in [-0.2, -0.15) is 18.2 Å². The summed E-state index contributed by atoms with van der Waals surface area (Å²) in [5, 5.41) is 8.36. The molecule has 0 atom stereocenters. The normalized spacial score (nSPS) is 12.0. The fourth-order valence-corrected chi connectivity index (χ4v) is 3.14. The van der Waals surface area contributed by atoms with E-state index in [9.17, 15) is 26.0 Å². The Kier molecular flexibility index (Phi) is 5.09. The maximum atomic E-state index is 14.7. The van der Waals surface area contributed by atoms with E-state index < -0.39 is 33.1 Å². The zero-order valence-corrected chi connectivity index (χ0v) is 15.5. The van der Waals surface area contributed by atoms with Crippen LogP contribution in [0.5, 0.6) is 0 Å². The Balaban J connectivity index is 2.03. The van der Waals surface area contributed by atoms with Crippen molar-refractivity contribution >= 4 is 33.3 Å². The monoisotopic (exact) mass is 430 g/mol. The summed E-state index contributed by atoms with van der Waals surface area (Å²) in [4.78, 5) is 3.69. The van der Waals surface area contributed by atoms with Crippen LogP contribution in [-0.2, 0) is 16.2 Å². The number of hydrogen-bond acceptors (Lipinski definition) is 6. The van der Waals surface area contributed by atoms with E-state index in [4.69, 9.17) is 5.73 Å². The molecule has 0 radical (unpaired) electrons. The minimum atomic E-state index is -4.87. The number of H-pyrrole nitrogens is 1. The molecule has 1 heterocycles. The van der Waals surface area contributed by atoms with Gasteiger partial charge in [0.1, 0.15) is 5.82 Å². The third-order valence-corrected chi connectivity index (χ3v) is 4.24. The highest BCUT2D eigenvalue weighted by Gasteiger charge is 2.36. The lowest BCUT2D eigenvalue weighted by Gasteiger charge is -2.16. The number of hydrogen-bond donors (Lipinski definition) is 4. The van der Waals surface area contributed by atoms with Crippen molar-refractivity contribution in [3.63, 3.8) is 0 Å². The number of nitrogen functional groups attached to an aromatic ring is 1. The molecule has 0 saturated heterocycles. The molecule has 8 nitrogen and oxygen atoms in total. The molecule has 1 aromatic heterocycles. The van der Waals surface area contributed by atoms with Crippen LogP contribution in [0, 0.1) is 5.82 Å². The lowest BCUT2D eigenvalue weighted by Crippen LogP contribution is -2.11. The van der Waals surface area contributed by atoms with Crippen LogP contribution in [0.25, 0.3) is 11.1 Å². The van der Waals surface area contributed by atoms with Crippen molar-refractivity contribution in [2.75, 3.05) is 22.0 Å². The van der Waals surface area contributed by atoms with E-state index in [1.54, 1.807) is 0 Å². The number of rotatable bonds is 5. The van der Waals surface area contributed by atoms with E-state index in [0.29, 0.717) is 6.07 Å². The quantitative estimate of drug-likeness (QED) is 0.460. The summed E-state index contributed by atoms with van der Waals surface area (Å²) in [6.45, 7) is 0. The second kappa shape index (κ2) is 7.24. The van der Waals surface area contributed by atoms with Gasteiger partial charge < -0.3 is 11.1 Å². The molecule has 3 rings (SSSR count). The fourth-order valence-electron chi connectivity index (χ4n) is 2.57. The van der Waals surface area contributed by atoms with Crippen LogP contribution in [0.2, 0.25) is 0 Å². The molecule has 0 aliphatic carbocycles. The highest BCUT2D eigenvalue weighted by atomic mass is 32.2. The minimum Gasteiger partial charge on any atom is -0.368 e. The van der Waals surface area contributed by atoms with Crippen LogP contribution in [0.1, 0.15) is 5.56 Å². The summed E-state index contributed by atoms with van der Waals surface area (Å²) in [7, 11) is -3.56. The molecule has 0 aliphatic heterocycles. The molecule has 29 heavy (non-hydrogen) atoms. The van der Waals surface area contributed by atoms with E-state index in [2.05, 4.69) is 25.2 Å². The molecule has 0 unspecified atom stereocenters. The Morgan fingerprint density at radius 2 is 1.76 bits per heavy atom. The van der Waals surface area contributed by atoms with Gasteiger partial charge in [-0.15, -0.1) is 5.10 Å². The van der Waals surface area contributed by atoms with Crippen LogP contribution >= 0.6 is 0 Å². The summed E-state index contributed by atoms with van der Waals surface area (Å²) in [5.41, 5.74) is 3.26. The van der Waals surface area contributed by atoms with E-state index >= 15 is 0 Å². The number of nitrogens with zero attached hydrogens (tertiary/aromatic N) is 2. The topological polar surface area (TPSA) is 126 Å². The first-order valence-corrected chi connectivity index (χ1v) is 9.75. The maximum absolute atomic E-state index is 14.7. The van der Waals surface area contributed by atoms with Gasteiger partial charge in [0.2, 0.25) is 21.9 Å². The standard InChI is InChI=1S/C16H14F4N6O2S/c1-29(27,28)26-9-4-2-8(3-5-9)13-11(16(18,19)20)6-10(7-12(13)17)22-15-23-14(21)24-25-15/h2-7,26H,1H3,(H4,21,22,23,24,25). The summed E-state index contributed by atoms with van der Waals surface area (Å²) < 4.78 is 80.1. The van der Waals surface area contributed by atoms with Crippen molar-refractivity contribution < 1.29 is 26.0 Å². The number of sulfonamides is 1. The van der Waals surface area contributed by atoms with Crippen molar-refractivity contribution in [2.24, 2.45) is 0 Å². The Bertz CT molecular complexity index is 1140. The van der Waals surface area contributed by atoms with E-state index in [-0.39, 0.29) is 28.8 Å². The zero-order valence-electron chi connectivity index (χ0n) is 14.7.